The molecule has 0 radical (unpaired) electrons. The lowest BCUT2D eigenvalue weighted by atomic mass is 10.2. The molecule has 0 bridgehead atoms. The van der Waals surface area contributed by atoms with Crippen LogP contribution in [0.1, 0.15) is 46.5 Å². The van der Waals surface area contributed by atoms with Crippen molar-refractivity contribution in [2.75, 3.05) is 52.9 Å². The molecular weight excluding hydrogens is 274 g/mol. The molecule has 0 saturated carbocycles. The molecule has 0 aromatic heterocycles. The SMILES string of the molecule is CCN(CC)CCCCNC(=NC)NCC1CCCN1CC. The van der Waals surface area contributed by atoms with Gasteiger partial charge in [0.2, 0.25) is 0 Å². The second-order valence-electron chi connectivity index (χ2n) is 6.04. The average Bonchev–Trinajstić information content (AvgIpc) is 3.01. The Morgan fingerprint density at radius 3 is 2.59 bits per heavy atom. The maximum Gasteiger partial charge on any atom is 0.191 e. The highest BCUT2D eigenvalue weighted by atomic mass is 15.2. The van der Waals surface area contributed by atoms with Gasteiger partial charge in [-0.3, -0.25) is 9.89 Å². The van der Waals surface area contributed by atoms with E-state index >= 15 is 0 Å². The lowest BCUT2D eigenvalue weighted by molar-refractivity contribution is 0.267. The Morgan fingerprint density at radius 1 is 1.18 bits per heavy atom. The number of likely N-dealkylation sites (N-methyl/N-ethyl adjacent to an activating group) is 1. The van der Waals surface area contributed by atoms with Crippen LogP contribution in [0.3, 0.4) is 0 Å². The summed E-state index contributed by atoms with van der Waals surface area (Å²) in [4.78, 5) is 9.37. The summed E-state index contributed by atoms with van der Waals surface area (Å²) in [6.07, 6.45) is 5.08. The summed E-state index contributed by atoms with van der Waals surface area (Å²) in [6, 6.07) is 0.672. The van der Waals surface area contributed by atoms with Gasteiger partial charge >= 0.3 is 0 Å². The minimum Gasteiger partial charge on any atom is -0.356 e. The lowest BCUT2D eigenvalue weighted by Crippen LogP contribution is -2.45. The normalized spacial score (nSPS) is 19.9. The summed E-state index contributed by atoms with van der Waals surface area (Å²) in [5, 5.41) is 6.92. The van der Waals surface area contributed by atoms with Crippen LogP contribution in [0.2, 0.25) is 0 Å². The molecule has 0 aromatic rings. The van der Waals surface area contributed by atoms with Crippen LogP contribution in [0.15, 0.2) is 4.99 Å². The van der Waals surface area contributed by atoms with Crippen LogP contribution in [0.4, 0.5) is 0 Å². The number of nitrogens with zero attached hydrogens (tertiary/aromatic N) is 3. The maximum atomic E-state index is 4.33. The van der Waals surface area contributed by atoms with E-state index in [1.807, 2.05) is 7.05 Å². The standard InChI is InChI=1S/C17H37N5/c1-5-21(6-2)13-9-8-12-19-17(18-4)20-15-16-11-10-14-22(16)7-3/h16H,5-15H2,1-4H3,(H2,18,19,20). The zero-order chi connectivity index (χ0) is 16.2. The Hall–Kier alpha value is -0.810. The van der Waals surface area contributed by atoms with Crippen LogP contribution in [0.25, 0.3) is 0 Å². The summed E-state index contributed by atoms with van der Waals surface area (Å²) in [7, 11) is 1.86. The number of guanidine groups is 1. The van der Waals surface area contributed by atoms with Gasteiger partial charge < -0.3 is 15.5 Å². The third-order valence-electron chi connectivity index (χ3n) is 4.72. The zero-order valence-corrected chi connectivity index (χ0v) is 15.2. The average molecular weight is 312 g/mol. The van der Waals surface area contributed by atoms with E-state index < -0.39 is 0 Å². The molecular formula is C17H37N5. The van der Waals surface area contributed by atoms with Crippen molar-refractivity contribution in [1.29, 1.82) is 0 Å². The minimum absolute atomic E-state index is 0.672. The predicted octanol–water partition coefficient (Wildman–Crippen LogP) is 1.76. The number of nitrogens with one attached hydrogen (secondary N) is 2. The molecule has 0 spiro atoms. The van der Waals surface area contributed by atoms with Crippen molar-refractivity contribution in [2.45, 2.75) is 52.5 Å². The molecule has 1 aliphatic heterocycles. The lowest BCUT2D eigenvalue weighted by Gasteiger charge is -2.24. The summed E-state index contributed by atoms with van der Waals surface area (Å²) < 4.78 is 0. The smallest absolute Gasteiger partial charge is 0.191 e. The van der Waals surface area contributed by atoms with Crippen LogP contribution < -0.4 is 10.6 Å². The van der Waals surface area contributed by atoms with Crippen LogP contribution in [-0.2, 0) is 0 Å². The first-order valence-electron chi connectivity index (χ1n) is 9.16. The van der Waals surface area contributed by atoms with Gasteiger partial charge in [0.25, 0.3) is 0 Å². The Morgan fingerprint density at radius 2 is 1.95 bits per heavy atom. The Kier molecular flexibility index (Phi) is 10.2. The van der Waals surface area contributed by atoms with Gasteiger partial charge in [0.15, 0.2) is 5.96 Å². The van der Waals surface area contributed by atoms with Crippen LogP contribution in [0.5, 0.6) is 0 Å². The number of hydrogen-bond donors (Lipinski definition) is 2. The second-order valence-corrected chi connectivity index (χ2v) is 6.04. The molecule has 0 amide bonds. The Labute approximate surface area is 137 Å². The van der Waals surface area contributed by atoms with E-state index in [4.69, 9.17) is 0 Å². The second kappa shape index (κ2) is 11.7. The predicted molar refractivity (Wildman–Crippen MR) is 96.7 cm³/mol. The van der Waals surface area contributed by atoms with Crippen molar-refractivity contribution >= 4 is 5.96 Å². The van der Waals surface area contributed by atoms with Crippen LogP contribution in [-0.4, -0.2) is 74.7 Å². The van der Waals surface area contributed by atoms with Gasteiger partial charge in [0.05, 0.1) is 0 Å². The summed E-state index contributed by atoms with van der Waals surface area (Å²) in [6.45, 7) is 14.6. The number of rotatable bonds is 10. The third kappa shape index (κ3) is 6.97. The molecule has 1 aliphatic rings. The number of likely N-dealkylation sites (tertiary alicyclic amines) is 1. The molecule has 2 N–H and O–H groups in total. The first kappa shape index (κ1) is 19.2. The molecule has 1 heterocycles. The molecule has 1 unspecified atom stereocenters. The van der Waals surface area contributed by atoms with Gasteiger partial charge in [-0.25, -0.2) is 0 Å². The van der Waals surface area contributed by atoms with Gasteiger partial charge in [-0.15, -0.1) is 0 Å². The molecule has 5 heteroatoms. The number of aliphatic imine (C=N–C) groups is 1. The third-order valence-corrected chi connectivity index (χ3v) is 4.72. The molecule has 1 saturated heterocycles. The van der Waals surface area contributed by atoms with Gasteiger partial charge in [-0.1, -0.05) is 20.8 Å². The van der Waals surface area contributed by atoms with E-state index in [9.17, 15) is 0 Å². The molecule has 1 fully saturated rings. The molecule has 1 rings (SSSR count). The van der Waals surface area contributed by atoms with Gasteiger partial charge in [-0.05, 0) is 58.4 Å². The largest absolute Gasteiger partial charge is 0.356 e. The summed E-state index contributed by atoms with van der Waals surface area (Å²) in [5.74, 6) is 0.950. The van der Waals surface area contributed by atoms with Gasteiger partial charge in [0.1, 0.15) is 0 Å². The first-order chi connectivity index (χ1) is 10.7. The fourth-order valence-electron chi connectivity index (χ4n) is 3.18. The monoisotopic (exact) mass is 311 g/mol. The highest BCUT2D eigenvalue weighted by Crippen LogP contribution is 2.15. The van der Waals surface area contributed by atoms with Crippen molar-refractivity contribution in [2.24, 2.45) is 4.99 Å². The fourth-order valence-corrected chi connectivity index (χ4v) is 3.18. The highest BCUT2D eigenvalue weighted by molar-refractivity contribution is 5.79. The summed E-state index contributed by atoms with van der Waals surface area (Å²) >= 11 is 0. The molecule has 1 atom stereocenters. The van der Waals surface area contributed by atoms with Gasteiger partial charge in [-0.2, -0.15) is 0 Å². The molecule has 130 valence electrons. The minimum atomic E-state index is 0.672. The van der Waals surface area contributed by atoms with Crippen molar-refractivity contribution < 1.29 is 0 Å². The van der Waals surface area contributed by atoms with Crippen molar-refractivity contribution in [3.8, 4) is 0 Å². The molecule has 5 nitrogen and oxygen atoms in total. The van der Waals surface area contributed by atoms with Crippen LogP contribution >= 0.6 is 0 Å². The van der Waals surface area contributed by atoms with E-state index in [1.54, 1.807) is 0 Å². The molecule has 0 aliphatic carbocycles. The highest BCUT2D eigenvalue weighted by Gasteiger charge is 2.22. The fraction of sp³-hybridized carbons (Fsp3) is 0.941. The van der Waals surface area contributed by atoms with Gasteiger partial charge in [0, 0.05) is 26.2 Å². The van der Waals surface area contributed by atoms with Crippen LogP contribution in [0, 0.1) is 0 Å². The summed E-state index contributed by atoms with van der Waals surface area (Å²) in [5.41, 5.74) is 0. The molecule has 22 heavy (non-hydrogen) atoms. The first-order valence-corrected chi connectivity index (χ1v) is 9.16. The molecule has 0 aromatic carbocycles. The van der Waals surface area contributed by atoms with E-state index in [0.717, 1.165) is 38.7 Å². The van der Waals surface area contributed by atoms with Crippen molar-refractivity contribution in [3.05, 3.63) is 0 Å². The van der Waals surface area contributed by atoms with E-state index in [2.05, 4.69) is 46.2 Å². The number of unbranched alkanes of at least 4 members (excludes halogenated alkanes) is 1. The van der Waals surface area contributed by atoms with Crippen molar-refractivity contribution in [3.63, 3.8) is 0 Å². The zero-order valence-electron chi connectivity index (χ0n) is 15.2. The Balaban J connectivity index is 2.12. The van der Waals surface area contributed by atoms with Crippen molar-refractivity contribution in [1.82, 2.24) is 20.4 Å². The Bertz CT molecular complexity index is 301. The maximum absolute atomic E-state index is 4.33. The quantitative estimate of drug-likeness (QED) is 0.366. The van der Waals surface area contributed by atoms with E-state index in [-0.39, 0.29) is 0 Å². The number of hydrogen-bond acceptors (Lipinski definition) is 3. The topological polar surface area (TPSA) is 42.9 Å². The van der Waals surface area contributed by atoms with E-state index in [0.29, 0.717) is 6.04 Å². The van der Waals surface area contributed by atoms with E-state index in [1.165, 1.54) is 38.8 Å².